The highest BCUT2D eigenvalue weighted by molar-refractivity contribution is 9.11. The van der Waals surface area contributed by atoms with Crippen LogP contribution in [-0.2, 0) is 11.2 Å². The Hall–Kier alpha value is -0.390. The second kappa shape index (κ2) is 6.16. The Morgan fingerprint density at radius 1 is 1.57 bits per heavy atom. The second-order valence-corrected chi connectivity index (χ2v) is 5.35. The molecule has 0 aliphatic rings. The minimum atomic E-state index is 0.0253. The molecule has 1 aromatic heterocycles. The van der Waals surface area contributed by atoms with Gasteiger partial charge in [0.1, 0.15) is 0 Å². The molecule has 1 rings (SSSR count). The summed E-state index contributed by atoms with van der Waals surface area (Å²) in [7, 11) is 1.64. The Balaban J connectivity index is 2.13. The molecule has 1 aromatic rings. The maximum atomic E-state index is 10.8. The molecule has 1 amide bonds. The third kappa shape index (κ3) is 4.21. The zero-order valence-electron chi connectivity index (χ0n) is 7.97. The Bertz CT molecular complexity index is 301. The topological polar surface area (TPSA) is 41.1 Å². The third-order valence-electron chi connectivity index (χ3n) is 1.74. The summed E-state index contributed by atoms with van der Waals surface area (Å²) in [5.74, 6) is 0.0253. The fraction of sp³-hybridized carbons (Fsp3) is 0.444. The zero-order chi connectivity index (χ0) is 10.4. The van der Waals surface area contributed by atoms with Crippen LogP contribution >= 0.6 is 27.3 Å². The van der Waals surface area contributed by atoms with Crippen LogP contribution in [0.5, 0.6) is 0 Å². The second-order valence-electron chi connectivity index (χ2n) is 2.81. The number of carbonyl (C=O) groups is 1. The zero-order valence-corrected chi connectivity index (χ0v) is 10.4. The van der Waals surface area contributed by atoms with Gasteiger partial charge in [-0.25, -0.2) is 0 Å². The van der Waals surface area contributed by atoms with E-state index in [4.69, 9.17) is 0 Å². The Morgan fingerprint density at radius 3 is 2.93 bits per heavy atom. The smallest absolute Gasteiger partial charge is 0.233 e. The van der Waals surface area contributed by atoms with Gasteiger partial charge in [-0.05, 0) is 34.5 Å². The average Bonchev–Trinajstić information content (AvgIpc) is 2.58. The largest absolute Gasteiger partial charge is 0.358 e. The molecule has 0 atom stereocenters. The van der Waals surface area contributed by atoms with Crippen molar-refractivity contribution in [3.63, 3.8) is 0 Å². The molecule has 1 heterocycles. The number of hydrogen-bond acceptors (Lipinski definition) is 3. The standard InChI is InChI=1S/C9H13BrN2OS/c1-11-9(13)6-12-5-4-7-2-3-8(10)14-7/h2-3,12H,4-6H2,1H3,(H,11,13). The van der Waals surface area contributed by atoms with Gasteiger partial charge in [0.2, 0.25) is 5.91 Å². The van der Waals surface area contributed by atoms with E-state index in [1.807, 2.05) is 6.07 Å². The average molecular weight is 277 g/mol. The molecule has 0 saturated carbocycles. The van der Waals surface area contributed by atoms with Crippen molar-refractivity contribution in [2.45, 2.75) is 6.42 Å². The van der Waals surface area contributed by atoms with Gasteiger partial charge in [0.05, 0.1) is 10.3 Å². The number of hydrogen-bond donors (Lipinski definition) is 2. The first-order valence-corrected chi connectivity index (χ1v) is 5.99. The summed E-state index contributed by atoms with van der Waals surface area (Å²) >= 11 is 5.14. The Morgan fingerprint density at radius 2 is 2.36 bits per heavy atom. The summed E-state index contributed by atoms with van der Waals surface area (Å²) in [5.41, 5.74) is 0. The van der Waals surface area contributed by atoms with Crippen molar-refractivity contribution < 1.29 is 4.79 Å². The van der Waals surface area contributed by atoms with E-state index in [2.05, 4.69) is 32.6 Å². The molecule has 0 aromatic carbocycles. The van der Waals surface area contributed by atoms with Gasteiger partial charge in [0.25, 0.3) is 0 Å². The monoisotopic (exact) mass is 276 g/mol. The van der Waals surface area contributed by atoms with Crippen LogP contribution in [0, 0.1) is 0 Å². The minimum Gasteiger partial charge on any atom is -0.358 e. The van der Waals surface area contributed by atoms with Crippen molar-refractivity contribution >= 4 is 33.2 Å². The van der Waals surface area contributed by atoms with Gasteiger partial charge in [-0.2, -0.15) is 0 Å². The van der Waals surface area contributed by atoms with E-state index in [1.165, 1.54) is 4.88 Å². The highest BCUT2D eigenvalue weighted by atomic mass is 79.9. The lowest BCUT2D eigenvalue weighted by Gasteiger charge is -2.01. The maximum absolute atomic E-state index is 10.8. The number of rotatable bonds is 5. The number of nitrogens with one attached hydrogen (secondary N) is 2. The van der Waals surface area contributed by atoms with Crippen LogP contribution in [0.15, 0.2) is 15.9 Å². The Labute approximate surface area is 96.0 Å². The van der Waals surface area contributed by atoms with E-state index in [9.17, 15) is 4.79 Å². The number of halogens is 1. The first-order chi connectivity index (χ1) is 6.72. The minimum absolute atomic E-state index is 0.0253. The molecule has 78 valence electrons. The van der Waals surface area contributed by atoms with Crippen LogP contribution in [0.1, 0.15) is 4.88 Å². The Kier molecular flexibility index (Phi) is 5.14. The van der Waals surface area contributed by atoms with Gasteiger partial charge in [-0.3, -0.25) is 4.79 Å². The van der Waals surface area contributed by atoms with Gasteiger partial charge in [0, 0.05) is 18.5 Å². The van der Waals surface area contributed by atoms with Crippen LogP contribution in [0.25, 0.3) is 0 Å². The first kappa shape index (κ1) is 11.7. The fourth-order valence-electron chi connectivity index (χ4n) is 0.988. The van der Waals surface area contributed by atoms with Crippen molar-refractivity contribution in [1.29, 1.82) is 0 Å². The third-order valence-corrected chi connectivity index (χ3v) is 3.42. The van der Waals surface area contributed by atoms with E-state index in [-0.39, 0.29) is 5.91 Å². The van der Waals surface area contributed by atoms with Gasteiger partial charge < -0.3 is 10.6 Å². The van der Waals surface area contributed by atoms with E-state index in [0.29, 0.717) is 6.54 Å². The van der Waals surface area contributed by atoms with Crippen LogP contribution in [0.4, 0.5) is 0 Å². The van der Waals surface area contributed by atoms with Crippen LogP contribution in [0.3, 0.4) is 0 Å². The molecule has 14 heavy (non-hydrogen) atoms. The van der Waals surface area contributed by atoms with Crippen molar-refractivity contribution in [3.8, 4) is 0 Å². The van der Waals surface area contributed by atoms with Gasteiger partial charge in [-0.15, -0.1) is 11.3 Å². The molecule has 0 spiro atoms. The molecule has 0 aliphatic carbocycles. The first-order valence-electron chi connectivity index (χ1n) is 4.38. The lowest BCUT2D eigenvalue weighted by molar-refractivity contribution is -0.119. The highest BCUT2D eigenvalue weighted by Crippen LogP contribution is 2.21. The van der Waals surface area contributed by atoms with Gasteiger partial charge in [-0.1, -0.05) is 0 Å². The molecule has 0 fully saturated rings. The molecule has 3 nitrogen and oxygen atoms in total. The predicted molar refractivity (Wildman–Crippen MR) is 62.7 cm³/mol. The molecule has 0 aliphatic heterocycles. The van der Waals surface area contributed by atoms with Crippen molar-refractivity contribution in [2.75, 3.05) is 20.1 Å². The summed E-state index contributed by atoms with van der Waals surface area (Å²) < 4.78 is 1.15. The molecule has 0 unspecified atom stereocenters. The van der Waals surface area contributed by atoms with Gasteiger partial charge >= 0.3 is 0 Å². The summed E-state index contributed by atoms with van der Waals surface area (Å²) in [6.45, 7) is 1.23. The van der Waals surface area contributed by atoms with Crippen LogP contribution in [0.2, 0.25) is 0 Å². The number of thiophene rings is 1. The maximum Gasteiger partial charge on any atom is 0.233 e. The number of amides is 1. The lowest BCUT2D eigenvalue weighted by atomic mass is 10.3. The molecule has 0 bridgehead atoms. The number of likely N-dealkylation sites (N-methyl/N-ethyl adjacent to an activating group) is 1. The SMILES string of the molecule is CNC(=O)CNCCc1ccc(Br)s1. The quantitative estimate of drug-likeness (QED) is 0.799. The van der Waals surface area contributed by atoms with E-state index in [0.717, 1.165) is 16.8 Å². The highest BCUT2D eigenvalue weighted by Gasteiger charge is 1.99. The molecular weight excluding hydrogens is 264 g/mol. The number of carbonyl (C=O) groups excluding carboxylic acids is 1. The summed E-state index contributed by atoms with van der Waals surface area (Å²) in [4.78, 5) is 12.2. The van der Waals surface area contributed by atoms with Crippen molar-refractivity contribution in [3.05, 3.63) is 20.8 Å². The van der Waals surface area contributed by atoms with Gasteiger partial charge in [0.15, 0.2) is 0 Å². The predicted octanol–water partition coefficient (Wildman–Crippen LogP) is 1.39. The van der Waals surface area contributed by atoms with E-state index in [1.54, 1.807) is 18.4 Å². The molecule has 2 N–H and O–H groups in total. The molecule has 0 saturated heterocycles. The molecule has 5 heteroatoms. The van der Waals surface area contributed by atoms with Crippen molar-refractivity contribution in [2.24, 2.45) is 0 Å². The normalized spacial score (nSPS) is 10.1. The summed E-state index contributed by atoms with van der Waals surface area (Å²) in [5, 5.41) is 5.63. The van der Waals surface area contributed by atoms with Crippen LogP contribution < -0.4 is 10.6 Å². The van der Waals surface area contributed by atoms with E-state index < -0.39 is 0 Å². The fourth-order valence-corrected chi connectivity index (χ4v) is 2.47. The summed E-state index contributed by atoms with van der Waals surface area (Å²) in [6.07, 6.45) is 0.966. The van der Waals surface area contributed by atoms with Crippen LogP contribution in [-0.4, -0.2) is 26.0 Å². The van der Waals surface area contributed by atoms with E-state index >= 15 is 0 Å². The molecule has 0 radical (unpaired) electrons. The lowest BCUT2D eigenvalue weighted by Crippen LogP contribution is -2.32. The summed E-state index contributed by atoms with van der Waals surface area (Å²) in [6, 6.07) is 4.13. The van der Waals surface area contributed by atoms with Crippen molar-refractivity contribution in [1.82, 2.24) is 10.6 Å². The molecular formula is C9H13BrN2OS.